The normalized spacial score (nSPS) is 10.2. The van der Waals surface area contributed by atoms with Crippen molar-refractivity contribution in [1.29, 1.82) is 0 Å². The predicted molar refractivity (Wildman–Crippen MR) is 104 cm³/mol. The van der Waals surface area contributed by atoms with E-state index in [9.17, 15) is 4.79 Å². The predicted octanol–water partition coefficient (Wildman–Crippen LogP) is 4.46. The molecule has 0 aliphatic heterocycles. The maximum atomic E-state index is 12.1. The summed E-state index contributed by atoms with van der Waals surface area (Å²) in [5.74, 6) is 1.49. The third kappa shape index (κ3) is 5.09. The molecule has 0 radical (unpaired) electrons. The standard InChI is InChI=1S/C18H20Cl2N2O4/c1-24-15-5-4-11(8-12(15)19)22-18(23)6-7-21-14-10-16(25-2)13(20)9-17(14)26-3/h4-5,8-10,21H,6-7H2,1-3H3,(H,22,23). The lowest BCUT2D eigenvalue weighted by Gasteiger charge is -2.14. The SMILES string of the molecule is COc1ccc(NC(=O)CCNc2cc(OC)c(Cl)cc2OC)cc1Cl. The molecule has 0 bridgehead atoms. The molecule has 0 fully saturated rings. The van der Waals surface area contributed by atoms with E-state index in [4.69, 9.17) is 37.4 Å². The number of methoxy groups -OCH3 is 3. The fourth-order valence-corrected chi connectivity index (χ4v) is 2.77. The highest BCUT2D eigenvalue weighted by molar-refractivity contribution is 6.32. The molecule has 8 heteroatoms. The summed E-state index contributed by atoms with van der Waals surface area (Å²) in [6.45, 7) is 0.400. The summed E-state index contributed by atoms with van der Waals surface area (Å²) in [6.07, 6.45) is 0.248. The molecule has 2 aromatic rings. The second-order valence-electron chi connectivity index (χ2n) is 5.26. The summed E-state index contributed by atoms with van der Waals surface area (Å²) in [6, 6.07) is 8.44. The molecule has 0 aliphatic carbocycles. The molecule has 0 atom stereocenters. The van der Waals surface area contributed by atoms with Crippen molar-refractivity contribution in [3.8, 4) is 17.2 Å². The molecule has 0 unspecified atom stereocenters. The van der Waals surface area contributed by atoms with Crippen molar-refractivity contribution in [3.63, 3.8) is 0 Å². The highest BCUT2D eigenvalue weighted by Gasteiger charge is 2.11. The van der Waals surface area contributed by atoms with Gasteiger partial charge >= 0.3 is 0 Å². The number of carbonyl (C=O) groups is 1. The molecule has 2 N–H and O–H groups in total. The van der Waals surface area contributed by atoms with Crippen LogP contribution in [0.15, 0.2) is 30.3 Å². The van der Waals surface area contributed by atoms with Crippen LogP contribution in [-0.4, -0.2) is 33.8 Å². The zero-order chi connectivity index (χ0) is 19.1. The van der Waals surface area contributed by atoms with Crippen molar-refractivity contribution < 1.29 is 19.0 Å². The summed E-state index contributed by atoms with van der Waals surface area (Å²) < 4.78 is 15.6. The van der Waals surface area contributed by atoms with Gasteiger partial charge in [0.1, 0.15) is 17.2 Å². The number of benzene rings is 2. The van der Waals surface area contributed by atoms with Crippen LogP contribution in [0.1, 0.15) is 6.42 Å². The van der Waals surface area contributed by atoms with E-state index in [1.54, 1.807) is 37.4 Å². The van der Waals surface area contributed by atoms with Crippen LogP contribution < -0.4 is 24.8 Å². The average Bonchev–Trinajstić information content (AvgIpc) is 2.62. The molecule has 0 spiro atoms. The Kier molecular flexibility index (Phi) is 7.24. The zero-order valence-corrected chi connectivity index (χ0v) is 16.2. The largest absolute Gasteiger partial charge is 0.495 e. The van der Waals surface area contributed by atoms with Gasteiger partial charge in [0.05, 0.1) is 37.1 Å². The zero-order valence-electron chi connectivity index (χ0n) is 14.7. The quantitative estimate of drug-likeness (QED) is 0.686. The highest BCUT2D eigenvalue weighted by Crippen LogP contribution is 2.35. The van der Waals surface area contributed by atoms with Gasteiger partial charge in [0, 0.05) is 30.8 Å². The first-order valence-corrected chi connectivity index (χ1v) is 8.52. The molecular weight excluding hydrogens is 379 g/mol. The number of halogens is 2. The van der Waals surface area contributed by atoms with Crippen LogP contribution in [0.3, 0.4) is 0 Å². The molecule has 2 aromatic carbocycles. The number of amides is 1. The fraction of sp³-hybridized carbons (Fsp3) is 0.278. The van der Waals surface area contributed by atoms with Crippen molar-refractivity contribution in [2.24, 2.45) is 0 Å². The molecule has 0 saturated carbocycles. The van der Waals surface area contributed by atoms with E-state index in [0.717, 1.165) is 0 Å². The highest BCUT2D eigenvalue weighted by atomic mass is 35.5. The summed E-state index contributed by atoms with van der Waals surface area (Å²) in [4.78, 5) is 12.1. The van der Waals surface area contributed by atoms with Gasteiger partial charge in [0.25, 0.3) is 0 Å². The van der Waals surface area contributed by atoms with Crippen LogP contribution in [0.5, 0.6) is 17.2 Å². The number of nitrogens with one attached hydrogen (secondary N) is 2. The molecule has 140 valence electrons. The number of hydrogen-bond acceptors (Lipinski definition) is 5. The number of hydrogen-bond donors (Lipinski definition) is 2. The third-order valence-corrected chi connectivity index (χ3v) is 4.17. The average molecular weight is 399 g/mol. The molecule has 0 heterocycles. The van der Waals surface area contributed by atoms with Gasteiger partial charge in [0.2, 0.25) is 5.91 Å². The molecule has 2 rings (SSSR count). The van der Waals surface area contributed by atoms with E-state index in [0.29, 0.717) is 45.2 Å². The van der Waals surface area contributed by atoms with Crippen molar-refractivity contribution >= 4 is 40.5 Å². The van der Waals surface area contributed by atoms with Gasteiger partial charge in [-0.05, 0) is 18.2 Å². The molecule has 1 amide bonds. The van der Waals surface area contributed by atoms with Crippen LogP contribution in [0.4, 0.5) is 11.4 Å². The van der Waals surface area contributed by atoms with Gasteiger partial charge in [-0.2, -0.15) is 0 Å². The molecule has 6 nitrogen and oxygen atoms in total. The Morgan fingerprint density at radius 2 is 1.58 bits per heavy atom. The number of ether oxygens (including phenoxy) is 3. The van der Waals surface area contributed by atoms with Crippen LogP contribution >= 0.6 is 23.2 Å². The van der Waals surface area contributed by atoms with Gasteiger partial charge in [0.15, 0.2) is 0 Å². The van der Waals surface area contributed by atoms with Gasteiger partial charge in [-0.15, -0.1) is 0 Å². The minimum Gasteiger partial charge on any atom is -0.495 e. The van der Waals surface area contributed by atoms with E-state index in [2.05, 4.69) is 10.6 Å². The Morgan fingerprint density at radius 3 is 2.19 bits per heavy atom. The van der Waals surface area contributed by atoms with Crippen LogP contribution in [0.2, 0.25) is 10.0 Å². The van der Waals surface area contributed by atoms with Gasteiger partial charge in [-0.25, -0.2) is 0 Å². The van der Waals surface area contributed by atoms with Gasteiger partial charge in [-0.1, -0.05) is 23.2 Å². The lowest BCUT2D eigenvalue weighted by Crippen LogP contribution is -2.16. The number of carbonyl (C=O) groups excluding carboxylic acids is 1. The molecular formula is C18H20Cl2N2O4. The maximum absolute atomic E-state index is 12.1. The van der Waals surface area contributed by atoms with E-state index < -0.39 is 0 Å². The van der Waals surface area contributed by atoms with E-state index in [1.165, 1.54) is 14.2 Å². The molecule has 26 heavy (non-hydrogen) atoms. The number of anilines is 2. The van der Waals surface area contributed by atoms with E-state index >= 15 is 0 Å². The third-order valence-electron chi connectivity index (χ3n) is 3.58. The van der Waals surface area contributed by atoms with E-state index in [1.807, 2.05) is 0 Å². The number of rotatable bonds is 8. The smallest absolute Gasteiger partial charge is 0.226 e. The monoisotopic (exact) mass is 398 g/mol. The molecule has 0 aromatic heterocycles. The topological polar surface area (TPSA) is 68.8 Å². The molecule has 0 saturated heterocycles. The maximum Gasteiger partial charge on any atom is 0.226 e. The minimum absolute atomic E-state index is 0.154. The lowest BCUT2D eigenvalue weighted by atomic mass is 10.2. The minimum atomic E-state index is -0.154. The van der Waals surface area contributed by atoms with Crippen molar-refractivity contribution in [1.82, 2.24) is 0 Å². The van der Waals surface area contributed by atoms with Crippen LogP contribution in [0, 0.1) is 0 Å². The van der Waals surface area contributed by atoms with Crippen LogP contribution in [-0.2, 0) is 4.79 Å². The fourth-order valence-electron chi connectivity index (χ4n) is 2.28. The van der Waals surface area contributed by atoms with Gasteiger partial charge in [-0.3, -0.25) is 4.79 Å². The Bertz CT molecular complexity index is 784. The first kappa shape index (κ1) is 20.0. The molecule has 0 aliphatic rings. The first-order valence-electron chi connectivity index (χ1n) is 7.77. The van der Waals surface area contributed by atoms with Crippen molar-refractivity contribution in [2.45, 2.75) is 6.42 Å². The Balaban J connectivity index is 1.93. The first-order chi connectivity index (χ1) is 12.5. The second-order valence-corrected chi connectivity index (χ2v) is 6.08. The lowest BCUT2D eigenvalue weighted by molar-refractivity contribution is -0.115. The Labute approximate surface area is 162 Å². The summed E-state index contributed by atoms with van der Waals surface area (Å²) in [5, 5.41) is 6.81. The van der Waals surface area contributed by atoms with Crippen molar-refractivity contribution in [3.05, 3.63) is 40.4 Å². The second kappa shape index (κ2) is 9.40. The van der Waals surface area contributed by atoms with Crippen LogP contribution in [0.25, 0.3) is 0 Å². The van der Waals surface area contributed by atoms with Crippen molar-refractivity contribution in [2.75, 3.05) is 38.5 Å². The summed E-state index contributed by atoms with van der Waals surface area (Å²) in [7, 11) is 4.61. The Morgan fingerprint density at radius 1 is 0.923 bits per heavy atom. The summed E-state index contributed by atoms with van der Waals surface area (Å²) >= 11 is 12.1. The van der Waals surface area contributed by atoms with E-state index in [-0.39, 0.29) is 12.3 Å². The summed E-state index contributed by atoms with van der Waals surface area (Å²) in [5.41, 5.74) is 1.29. The Hall–Kier alpha value is -2.31. The van der Waals surface area contributed by atoms with Gasteiger partial charge < -0.3 is 24.8 Å².